The Morgan fingerprint density at radius 2 is 1.83 bits per heavy atom. The molecule has 0 spiro atoms. The number of para-hydroxylation sites is 2. The van der Waals surface area contributed by atoms with E-state index in [4.69, 9.17) is 28.2 Å². The standard InChI is InChI=1S/C18H17Cl2N3O/c19-14-4-3-5-15(20)13(14)11-23-17-7-2-1-6-16(17)21-18(23)22-9-8-12(24)10-22/h1-7,12,24H,8-11H2/t12-/m1/s1. The van der Waals surface area contributed by atoms with Gasteiger partial charge in [-0.25, -0.2) is 4.98 Å². The summed E-state index contributed by atoms with van der Waals surface area (Å²) in [6.45, 7) is 1.93. The predicted octanol–water partition coefficient (Wildman–Crippen LogP) is 3.96. The van der Waals surface area contributed by atoms with Gasteiger partial charge in [0.25, 0.3) is 0 Å². The maximum Gasteiger partial charge on any atom is 0.206 e. The maximum atomic E-state index is 9.88. The minimum Gasteiger partial charge on any atom is -0.391 e. The first kappa shape index (κ1) is 15.8. The largest absolute Gasteiger partial charge is 0.391 e. The number of hydrogen-bond donors (Lipinski definition) is 1. The lowest BCUT2D eigenvalue weighted by molar-refractivity contribution is 0.198. The molecule has 0 amide bonds. The quantitative estimate of drug-likeness (QED) is 0.767. The Hall–Kier alpha value is -1.75. The third-order valence-corrected chi connectivity index (χ3v) is 5.17. The van der Waals surface area contributed by atoms with E-state index in [1.807, 2.05) is 42.5 Å². The second kappa shape index (κ2) is 6.28. The van der Waals surface area contributed by atoms with Gasteiger partial charge in [-0.05, 0) is 30.7 Å². The van der Waals surface area contributed by atoms with Crippen LogP contribution in [0.5, 0.6) is 0 Å². The van der Waals surface area contributed by atoms with Crippen LogP contribution in [0, 0.1) is 0 Å². The van der Waals surface area contributed by atoms with Crippen molar-refractivity contribution in [2.75, 3.05) is 18.0 Å². The van der Waals surface area contributed by atoms with E-state index in [-0.39, 0.29) is 6.10 Å². The van der Waals surface area contributed by atoms with Crippen LogP contribution < -0.4 is 4.90 Å². The number of β-amino-alcohol motifs (C(OH)–C–C–N with tert-alkyl or cyclic N) is 1. The average Bonchev–Trinajstić information content (AvgIpc) is 3.15. The highest BCUT2D eigenvalue weighted by Gasteiger charge is 2.25. The number of hydrogen-bond acceptors (Lipinski definition) is 3. The van der Waals surface area contributed by atoms with Gasteiger partial charge in [-0.15, -0.1) is 0 Å². The zero-order valence-corrected chi connectivity index (χ0v) is 14.5. The van der Waals surface area contributed by atoms with E-state index in [0.717, 1.165) is 35.5 Å². The van der Waals surface area contributed by atoms with Gasteiger partial charge in [-0.2, -0.15) is 0 Å². The molecule has 1 saturated heterocycles. The Morgan fingerprint density at radius 3 is 2.54 bits per heavy atom. The Labute approximate surface area is 150 Å². The summed E-state index contributed by atoms with van der Waals surface area (Å²) < 4.78 is 2.13. The molecule has 24 heavy (non-hydrogen) atoms. The number of aromatic nitrogens is 2. The Balaban J connectivity index is 1.83. The van der Waals surface area contributed by atoms with Crippen molar-refractivity contribution in [3.63, 3.8) is 0 Å². The minimum atomic E-state index is -0.304. The van der Waals surface area contributed by atoms with Crippen molar-refractivity contribution in [1.29, 1.82) is 0 Å². The first-order chi connectivity index (χ1) is 11.6. The summed E-state index contributed by atoms with van der Waals surface area (Å²) in [7, 11) is 0. The van der Waals surface area contributed by atoms with E-state index in [9.17, 15) is 5.11 Å². The second-order valence-corrected chi connectivity index (χ2v) is 6.89. The number of rotatable bonds is 3. The highest BCUT2D eigenvalue weighted by molar-refractivity contribution is 6.36. The molecule has 1 aliphatic rings. The van der Waals surface area contributed by atoms with Gasteiger partial charge < -0.3 is 14.6 Å². The van der Waals surface area contributed by atoms with Crippen LogP contribution in [-0.2, 0) is 6.54 Å². The number of aliphatic hydroxyl groups excluding tert-OH is 1. The molecule has 1 aromatic heterocycles. The topological polar surface area (TPSA) is 41.3 Å². The molecule has 124 valence electrons. The number of fused-ring (bicyclic) bond motifs is 1. The van der Waals surface area contributed by atoms with Gasteiger partial charge in [-0.1, -0.05) is 41.4 Å². The molecule has 0 aliphatic carbocycles. The van der Waals surface area contributed by atoms with Gasteiger partial charge >= 0.3 is 0 Å². The summed E-state index contributed by atoms with van der Waals surface area (Å²) in [5, 5.41) is 11.2. The maximum absolute atomic E-state index is 9.88. The molecule has 4 nitrogen and oxygen atoms in total. The van der Waals surface area contributed by atoms with Gasteiger partial charge in [-0.3, -0.25) is 0 Å². The Bertz CT molecular complexity index is 873. The van der Waals surface area contributed by atoms with Gasteiger partial charge in [0, 0.05) is 28.7 Å². The molecule has 1 aliphatic heterocycles. The molecule has 2 heterocycles. The fourth-order valence-electron chi connectivity index (χ4n) is 3.23. The first-order valence-electron chi connectivity index (χ1n) is 7.94. The van der Waals surface area contributed by atoms with Crippen molar-refractivity contribution in [3.05, 3.63) is 58.1 Å². The van der Waals surface area contributed by atoms with Crippen LogP contribution >= 0.6 is 23.2 Å². The minimum absolute atomic E-state index is 0.304. The van der Waals surface area contributed by atoms with E-state index < -0.39 is 0 Å². The fourth-order valence-corrected chi connectivity index (χ4v) is 3.74. The molecule has 0 bridgehead atoms. The van der Waals surface area contributed by atoms with Crippen LogP contribution in [0.1, 0.15) is 12.0 Å². The van der Waals surface area contributed by atoms with Crippen molar-refractivity contribution < 1.29 is 5.11 Å². The average molecular weight is 362 g/mol. The van der Waals surface area contributed by atoms with Crippen LogP contribution in [0.15, 0.2) is 42.5 Å². The summed E-state index contributed by atoms with van der Waals surface area (Å²) in [5.74, 6) is 0.851. The molecule has 1 fully saturated rings. The molecule has 0 saturated carbocycles. The molecule has 0 radical (unpaired) electrons. The molecule has 0 unspecified atom stereocenters. The van der Waals surface area contributed by atoms with Crippen LogP contribution in [0.4, 0.5) is 5.95 Å². The smallest absolute Gasteiger partial charge is 0.206 e. The van der Waals surface area contributed by atoms with Gasteiger partial charge in [0.1, 0.15) is 0 Å². The number of benzene rings is 2. The first-order valence-corrected chi connectivity index (χ1v) is 8.70. The highest BCUT2D eigenvalue weighted by atomic mass is 35.5. The van der Waals surface area contributed by atoms with Crippen LogP contribution in [-0.4, -0.2) is 33.9 Å². The predicted molar refractivity (Wildman–Crippen MR) is 98.1 cm³/mol. The Morgan fingerprint density at radius 1 is 1.08 bits per heavy atom. The molecule has 1 atom stereocenters. The summed E-state index contributed by atoms with van der Waals surface area (Å²) in [6.07, 6.45) is 0.456. The van der Waals surface area contributed by atoms with Crippen molar-refractivity contribution in [2.45, 2.75) is 19.1 Å². The second-order valence-electron chi connectivity index (χ2n) is 6.08. The normalized spacial score (nSPS) is 17.8. The number of nitrogens with zero attached hydrogens (tertiary/aromatic N) is 3. The van der Waals surface area contributed by atoms with E-state index >= 15 is 0 Å². The van der Waals surface area contributed by atoms with Crippen molar-refractivity contribution in [2.24, 2.45) is 0 Å². The zero-order chi connectivity index (χ0) is 16.7. The van der Waals surface area contributed by atoms with Crippen LogP contribution in [0.3, 0.4) is 0 Å². The van der Waals surface area contributed by atoms with E-state index in [2.05, 4.69) is 9.47 Å². The fraction of sp³-hybridized carbons (Fsp3) is 0.278. The highest BCUT2D eigenvalue weighted by Crippen LogP contribution is 2.31. The molecule has 2 aromatic carbocycles. The van der Waals surface area contributed by atoms with Gasteiger partial charge in [0.05, 0.1) is 23.7 Å². The van der Waals surface area contributed by atoms with Gasteiger partial charge in [0.2, 0.25) is 5.95 Å². The van der Waals surface area contributed by atoms with Crippen molar-refractivity contribution >= 4 is 40.2 Å². The lowest BCUT2D eigenvalue weighted by Crippen LogP contribution is -2.25. The molecular weight excluding hydrogens is 345 g/mol. The van der Waals surface area contributed by atoms with Crippen molar-refractivity contribution in [1.82, 2.24) is 9.55 Å². The van der Waals surface area contributed by atoms with Crippen LogP contribution in [0.2, 0.25) is 10.0 Å². The summed E-state index contributed by atoms with van der Waals surface area (Å²) in [4.78, 5) is 6.90. The number of halogens is 2. The summed E-state index contributed by atoms with van der Waals surface area (Å²) in [6, 6.07) is 13.6. The lowest BCUT2D eigenvalue weighted by atomic mass is 10.2. The lowest BCUT2D eigenvalue weighted by Gasteiger charge is -2.19. The van der Waals surface area contributed by atoms with Crippen LogP contribution in [0.25, 0.3) is 11.0 Å². The molecule has 6 heteroatoms. The molecule has 4 rings (SSSR count). The monoisotopic (exact) mass is 361 g/mol. The molecular formula is C18H17Cl2N3O. The number of aliphatic hydroxyl groups is 1. The molecule has 1 N–H and O–H groups in total. The zero-order valence-electron chi connectivity index (χ0n) is 13.0. The van der Waals surface area contributed by atoms with E-state index in [1.54, 1.807) is 0 Å². The van der Waals surface area contributed by atoms with E-state index in [0.29, 0.717) is 23.1 Å². The molecule has 3 aromatic rings. The summed E-state index contributed by atoms with van der Waals surface area (Å²) >= 11 is 12.7. The van der Waals surface area contributed by atoms with Crippen molar-refractivity contribution in [3.8, 4) is 0 Å². The Kier molecular flexibility index (Phi) is 4.12. The third-order valence-electron chi connectivity index (χ3n) is 4.46. The van der Waals surface area contributed by atoms with Gasteiger partial charge in [0.15, 0.2) is 0 Å². The number of imidazole rings is 1. The SMILES string of the molecule is O[C@@H]1CCN(c2nc3ccccc3n2Cc2c(Cl)cccc2Cl)C1. The number of anilines is 1. The van der Waals surface area contributed by atoms with E-state index in [1.165, 1.54) is 0 Å². The third kappa shape index (κ3) is 2.75. The summed E-state index contributed by atoms with van der Waals surface area (Å²) in [5.41, 5.74) is 2.84.